The number of aromatic nitrogens is 2. The molecule has 0 bridgehead atoms. The summed E-state index contributed by atoms with van der Waals surface area (Å²) in [5, 5.41) is 9.20. The number of nitrogen functional groups attached to an aromatic ring is 1. The summed E-state index contributed by atoms with van der Waals surface area (Å²) in [6.45, 7) is 3.34. The molecule has 2 rings (SSSR count). The lowest BCUT2D eigenvalue weighted by molar-refractivity contribution is -0.123. The molecule has 0 spiro atoms. The molecule has 3 N–H and O–H groups in total. The molecule has 1 atom stereocenters. The van der Waals surface area contributed by atoms with Gasteiger partial charge in [-0.1, -0.05) is 12.1 Å². The molecule has 1 aromatic carbocycles. The summed E-state index contributed by atoms with van der Waals surface area (Å²) in [5.74, 6) is -1.53. The van der Waals surface area contributed by atoms with Crippen molar-refractivity contribution in [3.05, 3.63) is 35.5 Å². The van der Waals surface area contributed by atoms with Crippen LogP contribution in [0.3, 0.4) is 0 Å². The monoisotopic (exact) mass is 290 g/mol. The number of nitrogens with zero attached hydrogens (tertiary/aromatic N) is 2. The molecule has 21 heavy (non-hydrogen) atoms. The molecule has 8 heteroatoms. The van der Waals surface area contributed by atoms with E-state index in [4.69, 9.17) is 10.5 Å². The van der Waals surface area contributed by atoms with Crippen molar-refractivity contribution in [3.8, 4) is 0 Å². The Kier molecular flexibility index (Phi) is 4.17. The zero-order chi connectivity index (χ0) is 15.4. The highest BCUT2D eigenvalue weighted by Gasteiger charge is 2.23. The average Bonchev–Trinajstić information content (AvgIpc) is 2.85. The van der Waals surface area contributed by atoms with E-state index in [9.17, 15) is 9.59 Å². The van der Waals surface area contributed by atoms with Crippen LogP contribution in [0.5, 0.6) is 0 Å². The first-order chi connectivity index (χ1) is 9.97. The van der Waals surface area contributed by atoms with Gasteiger partial charge in [-0.25, -0.2) is 9.42 Å². The molecule has 0 aliphatic rings. The van der Waals surface area contributed by atoms with E-state index in [1.54, 1.807) is 12.1 Å². The average molecular weight is 290 g/mol. The second kappa shape index (κ2) is 6.04. The zero-order valence-corrected chi connectivity index (χ0v) is 11.5. The molecule has 1 aromatic heterocycles. The van der Waals surface area contributed by atoms with Gasteiger partial charge in [0, 0.05) is 5.69 Å². The fourth-order valence-electron chi connectivity index (χ4n) is 1.57. The van der Waals surface area contributed by atoms with Crippen LogP contribution >= 0.6 is 0 Å². The van der Waals surface area contributed by atoms with Crippen molar-refractivity contribution in [2.24, 2.45) is 0 Å². The molecule has 2 aromatic rings. The quantitative estimate of drug-likeness (QED) is 0.810. The standard InChI is InChI=1S/C13H14N4O4/c1-7-4-3-5-9(6-7)15-12(18)8(2)20-13(19)10-11(14)17-21-16-10/h3-6,8H,1-2H3,(H2,14,17)(H,15,18)/t8-/m0/s1. The van der Waals surface area contributed by atoms with Crippen molar-refractivity contribution < 1.29 is 19.0 Å². The Bertz CT molecular complexity index is 668. The van der Waals surface area contributed by atoms with Gasteiger partial charge >= 0.3 is 5.97 Å². The maximum atomic E-state index is 11.9. The van der Waals surface area contributed by atoms with Crippen LogP contribution in [0, 0.1) is 6.92 Å². The largest absolute Gasteiger partial charge is 0.448 e. The normalized spacial score (nSPS) is 11.7. The zero-order valence-electron chi connectivity index (χ0n) is 11.5. The fourth-order valence-corrected chi connectivity index (χ4v) is 1.57. The second-order valence-corrected chi connectivity index (χ2v) is 4.40. The number of nitrogens with two attached hydrogens (primary N) is 1. The fraction of sp³-hybridized carbons (Fsp3) is 0.231. The first kappa shape index (κ1) is 14.5. The molecule has 0 radical (unpaired) electrons. The lowest BCUT2D eigenvalue weighted by Gasteiger charge is -2.12. The topological polar surface area (TPSA) is 120 Å². The molecule has 0 unspecified atom stereocenters. The minimum Gasteiger partial charge on any atom is -0.448 e. The lowest BCUT2D eigenvalue weighted by Crippen LogP contribution is -2.30. The number of hydrogen-bond acceptors (Lipinski definition) is 7. The van der Waals surface area contributed by atoms with E-state index in [0.29, 0.717) is 5.69 Å². The molecule has 1 heterocycles. The number of ether oxygens (including phenoxy) is 1. The number of carbonyl (C=O) groups is 2. The number of hydrogen-bond donors (Lipinski definition) is 2. The number of carbonyl (C=O) groups excluding carboxylic acids is 2. The number of anilines is 2. The molecule has 8 nitrogen and oxygen atoms in total. The third-order valence-electron chi connectivity index (χ3n) is 2.65. The van der Waals surface area contributed by atoms with Gasteiger partial charge in [0.15, 0.2) is 6.10 Å². The van der Waals surface area contributed by atoms with E-state index in [1.807, 2.05) is 19.1 Å². The summed E-state index contributed by atoms with van der Waals surface area (Å²) in [6.07, 6.45) is -1.02. The highest BCUT2D eigenvalue weighted by atomic mass is 16.6. The van der Waals surface area contributed by atoms with Crippen LogP contribution in [-0.4, -0.2) is 28.3 Å². The van der Waals surface area contributed by atoms with Gasteiger partial charge in [-0.15, -0.1) is 0 Å². The number of benzene rings is 1. The van der Waals surface area contributed by atoms with Gasteiger partial charge < -0.3 is 15.8 Å². The predicted molar refractivity (Wildman–Crippen MR) is 73.4 cm³/mol. The van der Waals surface area contributed by atoms with Crippen molar-refractivity contribution >= 4 is 23.4 Å². The maximum absolute atomic E-state index is 11.9. The van der Waals surface area contributed by atoms with Crippen LogP contribution in [0.15, 0.2) is 28.9 Å². The van der Waals surface area contributed by atoms with Crippen LogP contribution < -0.4 is 11.1 Å². The summed E-state index contributed by atoms with van der Waals surface area (Å²) >= 11 is 0. The van der Waals surface area contributed by atoms with Crippen LogP contribution in [-0.2, 0) is 9.53 Å². The smallest absolute Gasteiger partial charge is 0.365 e. The molecule has 0 saturated heterocycles. The predicted octanol–water partition coefficient (Wildman–Crippen LogP) is 1.14. The first-order valence-corrected chi connectivity index (χ1v) is 6.14. The van der Waals surface area contributed by atoms with Gasteiger partial charge in [-0.05, 0) is 41.9 Å². The Morgan fingerprint density at radius 2 is 2.14 bits per heavy atom. The van der Waals surface area contributed by atoms with Gasteiger partial charge in [0.1, 0.15) is 0 Å². The summed E-state index contributed by atoms with van der Waals surface area (Å²) in [7, 11) is 0. The third-order valence-corrected chi connectivity index (χ3v) is 2.65. The summed E-state index contributed by atoms with van der Waals surface area (Å²) in [4.78, 5) is 23.6. The molecule has 0 fully saturated rings. The van der Waals surface area contributed by atoms with Crippen molar-refractivity contribution in [1.29, 1.82) is 0 Å². The Balaban J connectivity index is 1.97. The SMILES string of the molecule is Cc1cccc(NC(=O)[C@H](C)OC(=O)c2nonc2N)c1. The van der Waals surface area contributed by atoms with Crippen LogP contribution in [0.25, 0.3) is 0 Å². The van der Waals surface area contributed by atoms with E-state index < -0.39 is 18.0 Å². The molecule has 0 aliphatic carbocycles. The molecular weight excluding hydrogens is 276 g/mol. The molecule has 0 saturated carbocycles. The van der Waals surface area contributed by atoms with Crippen molar-refractivity contribution in [2.75, 3.05) is 11.1 Å². The van der Waals surface area contributed by atoms with E-state index in [0.717, 1.165) is 5.56 Å². The minimum atomic E-state index is -1.02. The van der Waals surface area contributed by atoms with Crippen molar-refractivity contribution in [3.63, 3.8) is 0 Å². The minimum absolute atomic E-state index is 0.189. The van der Waals surface area contributed by atoms with Crippen LogP contribution in [0.4, 0.5) is 11.5 Å². The van der Waals surface area contributed by atoms with Crippen LogP contribution in [0.1, 0.15) is 23.0 Å². The first-order valence-electron chi connectivity index (χ1n) is 6.14. The number of amides is 1. The van der Waals surface area contributed by atoms with E-state index in [2.05, 4.69) is 20.3 Å². The van der Waals surface area contributed by atoms with Gasteiger partial charge in [-0.3, -0.25) is 4.79 Å². The third kappa shape index (κ3) is 3.56. The van der Waals surface area contributed by atoms with Crippen molar-refractivity contribution in [1.82, 2.24) is 10.3 Å². The van der Waals surface area contributed by atoms with Gasteiger partial charge in [0.2, 0.25) is 11.5 Å². The Morgan fingerprint density at radius 3 is 2.76 bits per heavy atom. The summed E-state index contributed by atoms with van der Waals surface area (Å²) < 4.78 is 9.24. The number of esters is 1. The molecular formula is C13H14N4O4. The Morgan fingerprint density at radius 1 is 1.38 bits per heavy atom. The lowest BCUT2D eigenvalue weighted by atomic mass is 10.2. The summed E-state index contributed by atoms with van der Waals surface area (Å²) in [5.41, 5.74) is 6.72. The molecule has 1 amide bonds. The van der Waals surface area contributed by atoms with Gasteiger partial charge in [-0.2, -0.15) is 0 Å². The molecule has 110 valence electrons. The number of rotatable bonds is 4. The van der Waals surface area contributed by atoms with Gasteiger partial charge in [0.25, 0.3) is 5.91 Å². The van der Waals surface area contributed by atoms with Gasteiger partial charge in [0.05, 0.1) is 0 Å². The van der Waals surface area contributed by atoms with Crippen LogP contribution in [0.2, 0.25) is 0 Å². The highest BCUT2D eigenvalue weighted by Crippen LogP contribution is 2.12. The summed E-state index contributed by atoms with van der Waals surface area (Å²) in [6, 6.07) is 7.24. The van der Waals surface area contributed by atoms with Crippen molar-refractivity contribution in [2.45, 2.75) is 20.0 Å². The second-order valence-electron chi connectivity index (χ2n) is 4.40. The van der Waals surface area contributed by atoms with E-state index in [-0.39, 0.29) is 11.5 Å². The molecule has 0 aliphatic heterocycles. The Labute approximate surface area is 120 Å². The number of nitrogens with one attached hydrogen (secondary N) is 1. The van der Waals surface area contributed by atoms with E-state index in [1.165, 1.54) is 6.92 Å². The van der Waals surface area contributed by atoms with E-state index >= 15 is 0 Å². The Hall–Kier alpha value is -2.90. The maximum Gasteiger partial charge on any atom is 0.365 e. The highest BCUT2D eigenvalue weighted by molar-refractivity contribution is 5.97. The number of aryl methyl sites for hydroxylation is 1.